The quantitative estimate of drug-likeness (QED) is 0.914. The summed E-state index contributed by atoms with van der Waals surface area (Å²) < 4.78 is 0. The van der Waals surface area contributed by atoms with Crippen LogP contribution in [0.25, 0.3) is 0 Å². The molecule has 116 valence electrons. The van der Waals surface area contributed by atoms with E-state index in [-0.39, 0.29) is 12.2 Å². The first kappa shape index (κ1) is 15.0. The van der Waals surface area contributed by atoms with Crippen LogP contribution in [0.15, 0.2) is 16.8 Å². The van der Waals surface area contributed by atoms with Gasteiger partial charge in [-0.1, -0.05) is 26.2 Å². The van der Waals surface area contributed by atoms with Gasteiger partial charge in [0.05, 0.1) is 6.04 Å². The maximum absolute atomic E-state index is 12.8. The van der Waals surface area contributed by atoms with Crippen LogP contribution in [0.4, 0.5) is 0 Å². The summed E-state index contributed by atoms with van der Waals surface area (Å²) in [6, 6.07) is 2.47. The first-order valence-corrected chi connectivity index (χ1v) is 9.27. The van der Waals surface area contributed by atoms with E-state index in [0.717, 1.165) is 6.42 Å². The molecule has 3 nitrogen and oxygen atoms in total. The minimum absolute atomic E-state index is 0.0130. The zero-order valence-electron chi connectivity index (χ0n) is 13.0. The Kier molecular flexibility index (Phi) is 4.65. The Labute approximate surface area is 131 Å². The molecule has 1 N–H and O–H groups in total. The molecular formula is C17H26N2OS. The summed E-state index contributed by atoms with van der Waals surface area (Å²) >= 11 is 1.71. The normalized spacial score (nSPS) is 29.0. The number of hydrogen-bond donors (Lipinski definition) is 1. The lowest BCUT2D eigenvalue weighted by molar-refractivity contribution is -0.133. The van der Waals surface area contributed by atoms with Crippen LogP contribution in [-0.2, 0) is 4.79 Å². The highest BCUT2D eigenvalue weighted by Gasteiger charge is 2.43. The molecule has 3 unspecified atom stereocenters. The summed E-state index contributed by atoms with van der Waals surface area (Å²) in [7, 11) is 0. The molecule has 1 aliphatic carbocycles. The lowest BCUT2D eigenvalue weighted by Crippen LogP contribution is -2.43. The summed E-state index contributed by atoms with van der Waals surface area (Å²) in [5.41, 5.74) is 1.24. The second-order valence-corrected chi connectivity index (χ2v) is 7.25. The minimum atomic E-state index is -0.0130. The molecule has 1 aliphatic heterocycles. The fourth-order valence-electron chi connectivity index (χ4n) is 3.91. The van der Waals surface area contributed by atoms with Crippen LogP contribution in [0.1, 0.15) is 64.1 Å². The summed E-state index contributed by atoms with van der Waals surface area (Å²) in [6.45, 7) is 4.35. The van der Waals surface area contributed by atoms with Gasteiger partial charge in [0.2, 0.25) is 5.91 Å². The molecule has 0 bridgehead atoms. The smallest absolute Gasteiger partial charge is 0.241 e. The number of carbonyl (C=O) groups is 1. The molecule has 2 aliphatic rings. The molecule has 1 amide bonds. The van der Waals surface area contributed by atoms with Gasteiger partial charge in [0, 0.05) is 6.04 Å². The molecular weight excluding hydrogens is 280 g/mol. The molecule has 2 heterocycles. The first-order valence-electron chi connectivity index (χ1n) is 8.32. The summed E-state index contributed by atoms with van der Waals surface area (Å²) in [6.07, 6.45) is 7.51. The van der Waals surface area contributed by atoms with Crippen molar-refractivity contribution in [3.63, 3.8) is 0 Å². The van der Waals surface area contributed by atoms with Crippen molar-refractivity contribution in [2.24, 2.45) is 5.92 Å². The molecule has 1 saturated carbocycles. The van der Waals surface area contributed by atoms with E-state index < -0.39 is 0 Å². The van der Waals surface area contributed by atoms with Crippen LogP contribution < -0.4 is 5.32 Å². The van der Waals surface area contributed by atoms with Gasteiger partial charge in [-0.15, -0.1) is 0 Å². The van der Waals surface area contributed by atoms with Crippen molar-refractivity contribution in [1.29, 1.82) is 0 Å². The zero-order chi connectivity index (χ0) is 14.8. The van der Waals surface area contributed by atoms with Crippen molar-refractivity contribution in [3.8, 4) is 0 Å². The van der Waals surface area contributed by atoms with Crippen LogP contribution >= 0.6 is 11.3 Å². The molecule has 1 aromatic heterocycles. The highest BCUT2D eigenvalue weighted by Crippen LogP contribution is 2.36. The van der Waals surface area contributed by atoms with E-state index in [1.54, 1.807) is 11.3 Å². The highest BCUT2D eigenvalue weighted by atomic mass is 32.1. The van der Waals surface area contributed by atoms with Gasteiger partial charge < -0.3 is 4.90 Å². The molecule has 2 fully saturated rings. The minimum Gasteiger partial charge on any atom is -0.319 e. The van der Waals surface area contributed by atoms with Crippen molar-refractivity contribution < 1.29 is 4.79 Å². The van der Waals surface area contributed by atoms with Gasteiger partial charge in [-0.2, -0.15) is 11.3 Å². The molecule has 3 atom stereocenters. The number of carbonyl (C=O) groups excluding carboxylic acids is 1. The molecule has 1 saturated heterocycles. The number of rotatable bonds is 4. The van der Waals surface area contributed by atoms with Crippen LogP contribution in [0.3, 0.4) is 0 Å². The second kappa shape index (κ2) is 6.49. The van der Waals surface area contributed by atoms with E-state index in [0.29, 0.717) is 17.9 Å². The van der Waals surface area contributed by atoms with Crippen molar-refractivity contribution in [1.82, 2.24) is 10.2 Å². The van der Waals surface area contributed by atoms with E-state index in [1.807, 2.05) is 0 Å². The predicted octanol–water partition coefficient (Wildman–Crippen LogP) is 3.93. The van der Waals surface area contributed by atoms with E-state index in [9.17, 15) is 4.79 Å². The van der Waals surface area contributed by atoms with Crippen molar-refractivity contribution in [2.45, 2.75) is 70.6 Å². The fourth-order valence-corrected chi connectivity index (χ4v) is 4.59. The standard InChI is InChI=1S/C17H26N2OS/c1-3-15-17(20)19(12(2)13-7-5-4-6-8-13)16(18-15)14-9-10-21-11-14/h9-13,15-16,18H,3-8H2,1-2H3. The number of hydrogen-bond acceptors (Lipinski definition) is 3. The Morgan fingerprint density at radius 3 is 2.76 bits per heavy atom. The van der Waals surface area contributed by atoms with Crippen molar-refractivity contribution in [3.05, 3.63) is 22.4 Å². The van der Waals surface area contributed by atoms with Gasteiger partial charge in [-0.25, -0.2) is 0 Å². The van der Waals surface area contributed by atoms with Gasteiger partial charge in [-0.05, 0) is 54.5 Å². The molecule has 0 aromatic carbocycles. The Balaban J connectivity index is 1.83. The Hall–Kier alpha value is -0.870. The van der Waals surface area contributed by atoms with Crippen LogP contribution in [0, 0.1) is 5.92 Å². The maximum atomic E-state index is 12.8. The average Bonchev–Trinajstić information content (AvgIpc) is 3.15. The summed E-state index contributed by atoms with van der Waals surface area (Å²) in [4.78, 5) is 14.9. The number of nitrogens with zero attached hydrogens (tertiary/aromatic N) is 1. The highest BCUT2D eigenvalue weighted by molar-refractivity contribution is 7.07. The van der Waals surface area contributed by atoms with Gasteiger partial charge in [0.1, 0.15) is 6.17 Å². The molecule has 0 radical (unpaired) electrons. The number of nitrogens with one attached hydrogen (secondary N) is 1. The fraction of sp³-hybridized carbons (Fsp3) is 0.706. The Morgan fingerprint density at radius 2 is 2.14 bits per heavy atom. The third kappa shape index (κ3) is 2.88. The predicted molar refractivity (Wildman–Crippen MR) is 87.2 cm³/mol. The zero-order valence-corrected chi connectivity index (χ0v) is 13.9. The van der Waals surface area contributed by atoms with Crippen molar-refractivity contribution in [2.75, 3.05) is 0 Å². The Morgan fingerprint density at radius 1 is 1.38 bits per heavy atom. The average molecular weight is 306 g/mol. The topological polar surface area (TPSA) is 32.3 Å². The third-order valence-electron chi connectivity index (χ3n) is 5.23. The SMILES string of the molecule is CCC1NC(c2ccsc2)N(C(C)C2CCCCC2)C1=O. The lowest BCUT2D eigenvalue weighted by Gasteiger charge is -2.37. The number of amides is 1. The largest absolute Gasteiger partial charge is 0.319 e. The van der Waals surface area contributed by atoms with Crippen LogP contribution in [0.2, 0.25) is 0 Å². The van der Waals surface area contributed by atoms with E-state index in [2.05, 4.69) is 40.9 Å². The molecule has 1 aromatic rings. The molecule has 21 heavy (non-hydrogen) atoms. The van der Waals surface area contributed by atoms with E-state index in [4.69, 9.17) is 0 Å². The van der Waals surface area contributed by atoms with Gasteiger partial charge in [-0.3, -0.25) is 10.1 Å². The maximum Gasteiger partial charge on any atom is 0.241 e. The Bertz CT molecular complexity index is 467. The van der Waals surface area contributed by atoms with Crippen LogP contribution in [-0.4, -0.2) is 22.9 Å². The van der Waals surface area contributed by atoms with Gasteiger partial charge in [0.15, 0.2) is 0 Å². The summed E-state index contributed by atoms with van der Waals surface area (Å²) in [5.74, 6) is 0.966. The molecule has 4 heteroatoms. The van der Waals surface area contributed by atoms with Gasteiger partial charge in [0.25, 0.3) is 0 Å². The molecule has 3 rings (SSSR count). The number of thiophene rings is 1. The monoisotopic (exact) mass is 306 g/mol. The van der Waals surface area contributed by atoms with Gasteiger partial charge >= 0.3 is 0 Å². The molecule has 0 spiro atoms. The third-order valence-corrected chi connectivity index (χ3v) is 5.93. The van der Waals surface area contributed by atoms with Crippen LogP contribution in [0.5, 0.6) is 0 Å². The first-order chi connectivity index (χ1) is 10.2. The van der Waals surface area contributed by atoms with E-state index in [1.165, 1.54) is 37.7 Å². The van der Waals surface area contributed by atoms with E-state index >= 15 is 0 Å². The lowest BCUT2D eigenvalue weighted by atomic mass is 9.83. The van der Waals surface area contributed by atoms with Crippen molar-refractivity contribution >= 4 is 17.2 Å². The summed E-state index contributed by atoms with van der Waals surface area (Å²) in [5, 5.41) is 7.82. The second-order valence-electron chi connectivity index (χ2n) is 6.47.